The minimum atomic E-state index is 0.102. The van der Waals surface area contributed by atoms with E-state index in [4.69, 9.17) is 4.42 Å². The summed E-state index contributed by atoms with van der Waals surface area (Å²) >= 11 is 0. The van der Waals surface area contributed by atoms with Gasteiger partial charge in [0.1, 0.15) is 11.3 Å². The molecule has 110 valence electrons. The van der Waals surface area contributed by atoms with E-state index in [1.807, 2.05) is 0 Å². The SMILES string of the molecule is CCc1c(CNC(C)C)oc2c(C(C)(C)C)cccc12. The minimum absolute atomic E-state index is 0.102. The smallest absolute Gasteiger partial charge is 0.138 e. The van der Waals surface area contributed by atoms with Gasteiger partial charge < -0.3 is 9.73 Å². The normalized spacial score (nSPS) is 12.6. The summed E-state index contributed by atoms with van der Waals surface area (Å²) in [7, 11) is 0. The predicted octanol–water partition coefficient (Wildman–Crippen LogP) is 4.79. The number of aryl methyl sites for hydroxylation is 1. The van der Waals surface area contributed by atoms with Crippen LogP contribution in [-0.2, 0) is 18.4 Å². The van der Waals surface area contributed by atoms with Crippen LogP contribution in [0.5, 0.6) is 0 Å². The van der Waals surface area contributed by atoms with Crippen molar-refractivity contribution in [1.29, 1.82) is 0 Å². The third kappa shape index (κ3) is 2.90. The van der Waals surface area contributed by atoms with Gasteiger partial charge in [-0.05, 0) is 11.8 Å². The lowest BCUT2D eigenvalue weighted by molar-refractivity contribution is 0.476. The van der Waals surface area contributed by atoms with E-state index in [1.54, 1.807) is 0 Å². The summed E-state index contributed by atoms with van der Waals surface area (Å²) in [6, 6.07) is 6.99. The first-order valence-corrected chi connectivity index (χ1v) is 7.61. The molecule has 0 unspecified atom stereocenters. The van der Waals surface area contributed by atoms with E-state index in [9.17, 15) is 0 Å². The summed E-state index contributed by atoms with van der Waals surface area (Å²) < 4.78 is 6.24. The third-order valence-electron chi connectivity index (χ3n) is 3.73. The Morgan fingerprint density at radius 3 is 2.45 bits per heavy atom. The first-order valence-electron chi connectivity index (χ1n) is 7.61. The standard InChI is InChI=1S/C18H27NO/c1-7-13-14-9-8-10-15(18(4,5)6)17(14)20-16(13)11-19-12(2)3/h8-10,12,19H,7,11H2,1-6H3. The molecule has 0 bridgehead atoms. The number of nitrogens with one attached hydrogen (secondary N) is 1. The average Bonchev–Trinajstić information content (AvgIpc) is 2.72. The van der Waals surface area contributed by atoms with Crippen LogP contribution in [0.2, 0.25) is 0 Å². The van der Waals surface area contributed by atoms with Gasteiger partial charge in [-0.3, -0.25) is 0 Å². The fourth-order valence-electron chi connectivity index (χ4n) is 2.64. The van der Waals surface area contributed by atoms with Crippen molar-refractivity contribution in [1.82, 2.24) is 5.32 Å². The van der Waals surface area contributed by atoms with Crippen molar-refractivity contribution in [3.05, 3.63) is 35.1 Å². The Morgan fingerprint density at radius 1 is 1.20 bits per heavy atom. The monoisotopic (exact) mass is 273 g/mol. The topological polar surface area (TPSA) is 25.2 Å². The highest BCUT2D eigenvalue weighted by Gasteiger charge is 2.22. The fraction of sp³-hybridized carbons (Fsp3) is 0.556. The number of hydrogen-bond donors (Lipinski definition) is 1. The number of rotatable bonds is 4. The maximum absolute atomic E-state index is 6.24. The number of furan rings is 1. The number of para-hydroxylation sites is 1. The maximum atomic E-state index is 6.24. The van der Waals surface area contributed by atoms with Gasteiger partial charge in [0.05, 0.1) is 6.54 Å². The summed E-state index contributed by atoms with van der Waals surface area (Å²) in [6.45, 7) is 14.0. The van der Waals surface area contributed by atoms with E-state index in [1.165, 1.54) is 16.5 Å². The highest BCUT2D eigenvalue weighted by molar-refractivity contribution is 5.85. The molecule has 1 aromatic carbocycles. The predicted molar refractivity (Wildman–Crippen MR) is 86.3 cm³/mol. The molecule has 2 rings (SSSR count). The van der Waals surface area contributed by atoms with E-state index in [0.717, 1.165) is 24.3 Å². The molecule has 1 aromatic heterocycles. The van der Waals surface area contributed by atoms with Crippen molar-refractivity contribution in [3.8, 4) is 0 Å². The van der Waals surface area contributed by atoms with Gasteiger partial charge in [-0.15, -0.1) is 0 Å². The molecular weight excluding hydrogens is 246 g/mol. The molecule has 0 radical (unpaired) electrons. The molecule has 0 amide bonds. The van der Waals surface area contributed by atoms with Gasteiger partial charge in [0.25, 0.3) is 0 Å². The van der Waals surface area contributed by atoms with E-state index >= 15 is 0 Å². The summed E-state index contributed by atoms with van der Waals surface area (Å²) in [4.78, 5) is 0. The molecule has 2 nitrogen and oxygen atoms in total. The van der Waals surface area contributed by atoms with Crippen LogP contribution in [0.3, 0.4) is 0 Å². The first kappa shape index (κ1) is 15.1. The lowest BCUT2D eigenvalue weighted by Gasteiger charge is -2.18. The second kappa shape index (κ2) is 5.61. The minimum Gasteiger partial charge on any atom is -0.459 e. The molecule has 20 heavy (non-hydrogen) atoms. The van der Waals surface area contributed by atoms with Gasteiger partial charge in [-0.25, -0.2) is 0 Å². The molecule has 2 aromatic rings. The van der Waals surface area contributed by atoms with Crippen molar-refractivity contribution in [2.24, 2.45) is 0 Å². The number of fused-ring (bicyclic) bond motifs is 1. The van der Waals surface area contributed by atoms with Crippen LogP contribution in [0.25, 0.3) is 11.0 Å². The largest absolute Gasteiger partial charge is 0.459 e. The Balaban J connectivity index is 2.55. The first-order chi connectivity index (χ1) is 9.34. The molecule has 1 heterocycles. The number of hydrogen-bond acceptors (Lipinski definition) is 2. The lowest BCUT2D eigenvalue weighted by atomic mass is 9.86. The van der Waals surface area contributed by atoms with E-state index < -0.39 is 0 Å². The van der Waals surface area contributed by atoms with Gasteiger partial charge >= 0.3 is 0 Å². The Morgan fingerprint density at radius 2 is 1.90 bits per heavy atom. The molecule has 0 aliphatic rings. The Kier molecular flexibility index (Phi) is 4.24. The van der Waals surface area contributed by atoms with Gasteiger partial charge in [-0.2, -0.15) is 0 Å². The third-order valence-corrected chi connectivity index (χ3v) is 3.73. The molecule has 0 aliphatic carbocycles. The molecule has 0 saturated carbocycles. The van der Waals surface area contributed by atoms with Crippen LogP contribution in [0.15, 0.2) is 22.6 Å². The fourth-order valence-corrected chi connectivity index (χ4v) is 2.64. The lowest BCUT2D eigenvalue weighted by Crippen LogP contribution is -2.22. The molecule has 2 heteroatoms. The molecule has 0 spiro atoms. The molecule has 0 saturated heterocycles. The molecule has 0 fully saturated rings. The zero-order valence-electron chi connectivity index (χ0n) is 13.6. The molecule has 1 N–H and O–H groups in total. The Labute approximate surface area is 122 Å². The maximum Gasteiger partial charge on any atom is 0.138 e. The zero-order chi connectivity index (χ0) is 14.9. The van der Waals surface area contributed by atoms with E-state index in [-0.39, 0.29) is 5.41 Å². The van der Waals surface area contributed by atoms with Gasteiger partial charge in [0, 0.05) is 22.6 Å². The Hall–Kier alpha value is -1.28. The van der Waals surface area contributed by atoms with Crippen molar-refractivity contribution < 1.29 is 4.42 Å². The molecular formula is C18H27NO. The average molecular weight is 273 g/mol. The number of benzene rings is 1. The van der Waals surface area contributed by atoms with Crippen LogP contribution < -0.4 is 5.32 Å². The van der Waals surface area contributed by atoms with Gasteiger partial charge in [0.15, 0.2) is 0 Å². The van der Waals surface area contributed by atoms with E-state index in [0.29, 0.717) is 6.04 Å². The Bertz CT molecular complexity index is 587. The van der Waals surface area contributed by atoms with Crippen molar-refractivity contribution >= 4 is 11.0 Å². The second-order valence-corrected chi connectivity index (χ2v) is 6.83. The summed E-state index contributed by atoms with van der Waals surface area (Å²) in [6.07, 6.45) is 1.01. The van der Waals surface area contributed by atoms with Crippen LogP contribution in [0, 0.1) is 0 Å². The zero-order valence-corrected chi connectivity index (χ0v) is 13.6. The summed E-state index contributed by atoms with van der Waals surface area (Å²) in [5.41, 5.74) is 3.81. The quantitative estimate of drug-likeness (QED) is 0.866. The van der Waals surface area contributed by atoms with Crippen LogP contribution in [0.4, 0.5) is 0 Å². The molecule has 0 atom stereocenters. The van der Waals surface area contributed by atoms with Crippen LogP contribution in [0.1, 0.15) is 58.4 Å². The van der Waals surface area contributed by atoms with Crippen molar-refractivity contribution in [3.63, 3.8) is 0 Å². The van der Waals surface area contributed by atoms with E-state index in [2.05, 4.69) is 65.1 Å². The summed E-state index contributed by atoms with van der Waals surface area (Å²) in [5, 5.41) is 4.74. The van der Waals surface area contributed by atoms with Crippen molar-refractivity contribution in [2.45, 2.75) is 66.0 Å². The highest BCUT2D eigenvalue weighted by atomic mass is 16.3. The van der Waals surface area contributed by atoms with Crippen molar-refractivity contribution in [2.75, 3.05) is 0 Å². The van der Waals surface area contributed by atoms with Crippen LogP contribution in [-0.4, -0.2) is 6.04 Å². The van der Waals surface area contributed by atoms with Gasteiger partial charge in [0.2, 0.25) is 0 Å². The highest BCUT2D eigenvalue weighted by Crippen LogP contribution is 2.35. The van der Waals surface area contributed by atoms with Crippen LogP contribution >= 0.6 is 0 Å². The second-order valence-electron chi connectivity index (χ2n) is 6.83. The van der Waals surface area contributed by atoms with Gasteiger partial charge in [-0.1, -0.05) is 59.7 Å². The summed E-state index contributed by atoms with van der Waals surface area (Å²) in [5.74, 6) is 1.09. The molecule has 0 aliphatic heterocycles.